The molecule has 0 aliphatic carbocycles. The monoisotopic (exact) mass is 464 g/mol. The summed E-state index contributed by atoms with van der Waals surface area (Å²) < 4.78 is 15.9. The number of hydrogen-bond acceptors (Lipinski definition) is 3. The molecule has 0 bridgehead atoms. The van der Waals surface area contributed by atoms with Gasteiger partial charge in [-0.25, -0.2) is 4.21 Å². The lowest BCUT2D eigenvalue weighted by atomic mass is 9.96. The number of anilines is 1. The van der Waals surface area contributed by atoms with E-state index >= 15 is 0 Å². The van der Waals surface area contributed by atoms with E-state index in [2.05, 4.69) is 27.3 Å². The molecule has 0 fully saturated rings. The molecule has 0 saturated heterocycles. The topological polar surface area (TPSA) is 69.6 Å². The van der Waals surface area contributed by atoms with Crippen molar-refractivity contribution in [1.29, 1.82) is 0 Å². The highest BCUT2D eigenvalue weighted by molar-refractivity contribution is 9.10. The van der Waals surface area contributed by atoms with Gasteiger partial charge in [0.1, 0.15) is 0 Å². The Hall–Kier alpha value is -1.70. The zero-order valence-corrected chi connectivity index (χ0v) is 18.3. The van der Waals surface area contributed by atoms with Crippen LogP contribution in [0.15, 0.2) is 51.8 Å². The van der Waals surface area contributed by atoms with Crippen molar-refractivity contribution >= 4 is 38.6 Å². The average Bonchev–Trinajstić information content (AvgIpc) is 2.76. The number of para-hydroxylation sites is 1. The maximum absolute atomic E-state index is 13.1. The fourth-order valence-corrected chi connectivity index (χ4v) is 5.31. The summed E-state index contributed by atoms with van der Waals surface area (Å²) in [5.41, 5.74) is 3.11. The van der Waals surface area contributed by atoms with Crippen molar-refractivity contribution in [2.24, 2.45) is 0 Å². The number of aliphatic carboxylic acids is 1. The number of halogens is 1. The van der Waals surface area contributed by atoms with Gasteiger partial charge in [0, 0.05) is 17.9 Å². The number of benzene rings is 2. The van der Waals surface area contributed by atoms with Crippen LogP contribution < -0.4 is 9.62 Å². The van der Waals surface area contributed by atoms with E-state index in [-0.39, 0.29) is 12.5 Å². The highest BCUT2D eigenvalue weighted by Gasteiger charge is 2.29. The molecule has 2 atom stereocenters. The molecule has 0 amide bonds. The summed E-state index contributed by atoms with van der Waals surface area (Å²) in [7, 11) is 0.587. The molecular formula is C21H25BrN2O3S. The number of hydrogen-bond donors (Lipinski definition) is 2. The van der Waals surface area contributed by atoms with Crippen molar-refractivity contribution in [3.05, 3.63) is 58.1 Å². The van der Waals surface area contributed by atoms with Gasteiger partial charge in [-0.2, -0.15) is 0 Å². The molecule has 28 heavy (non-hydrogen) atoms. The van der Waals surface area contributed by atoms with E-state index in [1.54, 1.807) is 0 Å². The number of rotatable bonds is 8. The van der Waals surface area contributed by atoms with Crippen LogP contribution in [0, 0.1) is 0 Å². The fourth-order valence-electron chi connectivity index (χ4n) is 3.54. The van der Waals surface area contributed by atoms with Gasteiger partial charge in [-0.1, -0.05) is 53.0 Å². The second-order valence-corrected chi connectivity index (χ2v) is 9.33. The predicted molar refractivity (Wildman–Crippen MR) is 116 cm³/mol. The largest absolute Gasteiger partial charge is 0.481 e. The third-order valence-electron chi connectivity index (χ3n) is 4.98. The number of carboxylic acids is 1. The molecule has 1 aliphatic heterocycles. The van der Waals surface area contributed by atoms with Gasteiger partial charge >= 0.3 is 5.97 Å². The Labute approximate surface area is 176 Å². The molecule has 2 unspecified atom stereocenters. The van der Waals surface area contributed by atoms with Crippen LogP contribution in [0.1, 0.15) is 49.3 Å². The van der Waals surface area contributed by atoms with Gasteiger partial charge in [0.05, 0.1) is 16.6 Å². The number of unbranched alkanes of at least 4 members (excludes halogenated alkanes) is 3. The Bertz CT molecular complexity index is 874. The molecule has 0 radical (unpaired) electrons. The van der Waals surface area contributed by atoms with Crippen LogP contribution in [-0.2, 0) is 15.8 Å². The molecule has 2 aromatic carbocycles. The predicted octanol–water partition coefficient (Wildman–Crippen LogP) is 4.64. The zero-order valence-electron chi connectivity index (χ0n) is 15.9. The first-order valence-electron chi connectivity index (χ1n) is 9.48. The fraction of sp³-hybridized carbons (Fsp3) is 0.381. The number of nitrogens with one attached hydrogen (secondary N) is 1. The number of carbonyl (C=O) groups is 1. The van der Waals surface area contributed by atoms with Gasteiger partial charge in [-0.3, -0.25) is 9.10 Å². The Kier molecular flexibility index (Phi) is 7.26. The van der Waals surface area contributed by atoms with Crippen LogP contribution >= 0.6 is 15.9 Å². The molecule has 0 aromatic heterocycles. The normalized spacial score (nSPS) is 18.3. The number of fused-ring (bicyclic) bond motifs is 2. The van der Waals surface area contributed by atoms with Crippen molar-refractivity contribution in [2.75, 3.05) is 17.9 Å². The van der Waals surface area contributed by atoms with Crippen molar-refractivity contribution in [3.8, 4) is 0 Å². The summed E-state index contributed by atoms with van der Waals surface area (Å²) in [4.78, 5) is 11.4. The molecule has 1 aliphatic rings. The smallest absolute Gasteiger partial charge is 0.303 e. The van der Waals surface area contributed by atoms with E-state index < -0.39 is 17.0 Å². The summed E-state index contributed by atoms with van der Waals surface area (Å²) in [6.07, 6.45) is 3.86. The van der Waals surface area contributed by atoms with E-state index in [0.29, 0.717) is 0 Å². The molecule has 7 heteroatoms. The lowest BCUT2D eigenvalue weighted by Gasteiger charge is -2.22. The van der Waals surface area contributed by atoms with Crippen LogP contribution in [0.25, 0.3) is 0 Å². The van der Waals surface area contributed by atoms with Crippen LogP contribution in [0.3, 0.4) is 0 Å². The van der Waals surface area contributed by atoms with Gasteiger partial charge in [0.15, 0.2) is 11.0 Å². The van der Waals surface area contributed by atoms with Crippen molar-refractivity contribution < 1.29 is 14.1 Å². The number of carboxylic acid groups (broad SMARTS) is 1. The average molecular weight is 465 g/mol. The van der Waals surface area contributed by atoms with Crippen molar-refractivity contribution in [2.45, 2.75) is 43.0 Å². The van der Waals surface area contributed by atoms with Crippen LogP contribution in [0.2, 0.25) is 0 Å². The summed E-state index contributed by atoms with van der Waals surface area (Å²) in [5.74, 6) is -0.729. The summed E-state index contributed by atoms with van der Waals surface area (Å²) >= 11 is 3.50. The van der Waals surface area contributed by atoms with Gasteiger partial charge in [0.25, 0.3) is 0 Å². The lowest BCUT2D eigenvalue weighted by Crippen LogP contribution is -2.24. The molecule has 0 spiro atoms. The molecule has 5 nitrogen and oxygen atoms in total. The quantitative estimate of drug-likeness (QED) is 0.558. The molecule has 2 N–H and O–H groups in total. The van der Waals surface area contributed by atoms with E-state index in [1.165, 1.54) is 0 Å². The maximum Gasteiger partial charge on any atom is 0.303 e. The van der Waals surface area contributed by atoms with E-state index in [1.807, 2.05) is 47.8 Å². The maximum atomic E-state index is 13.1. The summed E-state index contributed by atoms with van der Waals surface area (Å²) in [5, 5.41) is 12.4. The molecular weight excluding hydrogens is 440 g/mol. The van der Waals surface area contributed by atoms with Crippen LogP contribution in [-0.4, -0.2) is 28.9 Å². The van der Waals surface area contributed by atoms with E-state index in [4.69, 9.17) is 5.11 Å². The minimum atomic E-state index is -1.28. The van der Waals surface area contributed by atoms with Gasteiger partial charge in [0.2, 0.25) is 0 Å². The SMILES string of the molecule is CN1c2ccccc2C(NCCCCCCC(=O)O)c2ccc(Br)cc2S1=O. The van der Waals surface area contributed by atoms with E-state index in [9.17, 15) is 9.00 Å². The highest BCUT2D eigenvalue weighted by Crippen LogP contribution is 2.39. The first-order chi connectivity index (χ1) is 13.5. The first-order valence-corrected chi connectivity index (χ1v) is 11.4. The highest BCUT2D eigenvalue weighted by atomic mass is 79.9. The van der Waals surface area contributed by atoms with Crippen LogP contribution in [0.5, 0.6) is 0 Å². The summed E-state index contributed by atoms with van der Waals surface area (Å²) in [6, 6.07) is 14.0. The molecule has 3 rings (SSSR count). The van der Waals surface area contributed by atoms with Gasteiger partial charge in [-0.15, -0.1) is 0 Å². The standard InChI is InChI=1S/C21H25BrN2O3S/c1-24-18-9-6-5-8-16(18)21(23-13-7-3-2-4-10-20(25)26)17-12-11-15(22)14-19(17)28(24)27/h5-6,8-9,11-12,14,21,23H,2-4,7,10,13H2,1H3,(H,25,26). The Morgan fingerprint density at radius 3 is 2.68 bits per heavy atom. The molecule has 150 valence electrons. The molecule has 2 aromatic rings. The third-order valence-corrected chi connectivity index (χ3v) is 6.89. The Balaban J connectivity index is 1.78. The first kappa shape index (κ1) is 21.0. The number of nitrogens with zero attached hydrogens (tertiary/aromatic N) is 1. The second-order valence-electron chi connectivity index (χ2n) is 6.93. The Morgan fingerprint density at radius 1 is 1.14 bits per heavy atom. The molecule has 0 saturated carbocycles. The minimum Gasteiger partial charge on any atom is -0.481 e. The summed E-state index contributed by atoms with van der Waals surface area (Å²) in [6.45, 7) is 0.817. The molecule has 1 heterocycles. The van der Waals surface area contributed by atoms with Crippen molar-refractivity contribution in [1.82, 2.24) is 5.32 Å². The van der Waals surface area contributed by atoms with Crippen LogP contribution in [0.4, 0.5) is 5.69 Å². The van der Waals surface area contributed by atoms with Gasteiger partial charge < -0.3 is 10.4 Å². The van der Waals surface area contributed by atoms with Crippen molar-refractivity contribution in [3.63, 3.8) is 0 Å². The minimum absolute atomic E-state index is 0.0350. The Morgan fingerprint density at radius 2 is 1.89 bits per heavy atom. The van der Waals surface area contributed by atoms with Gasteiger partial charge in [-0.05, 0) is 48.7 Å². The zero-order chi connectivity index (χ0) is 20.1. The second kappa shape index (κ2) is 9.67. The lowest BCUT2D eigenvalue weighted by molar-refractivity contribution is -0.137. The van der Waals surface area contributed by atoms with E-state index in [0.717, 1.165) is 58.4 Å². The third kappa shape index (κ3) is 4.82.